The van der Waals surface area contributed by atoms with Gasteiger partial charge in [-0.25, -0.2) is 0 Å². The van der Waals surface area contributed by atoms with Gasteiger partial charge in [0.25, 0.3) is 0 Å². The van der Waals surface area contributed by atoms with Crippen LogP contribution in [0.3, 0.4) is 0 Å². The Kier molecular flexibility index (Phi) is 5.86. The first kappa shape index (κ1) is 12.1. The fraction of sp³-hybridized carbons (Fsp3) is 0.308. The quantitative estimate of drug-likeness (QED) is 0.314. The summed E-state index contributed by atoms with van der Waals surface area (Å²) in [6, 6.07) is 8.17. The number of hydrogen-bond donors (Lipinski definition) is 0. The topological polar surface area (TPSA) is 17.1 Å². The lowest BCUT2D eigenvalue weighted by Crippen LogP contribution is -1.82. The lowest BCUT2D eigenvalue weighted by atomic mass is 10.2. The molecule has 0 bridgehead atoms. The van der Waals surface area contributed by atoms with E-state index >= 15 is 0 Å². The summed E-state index contributed by atoms with van der Waals surface area (Å²) in [5, 5.41) is 0. The van der Waals surface area contributed by atoms with Crippen LogP contribution >= 0.6 is 11.8 Å². The van der Waals surface area contributed by atoms with E-state index in [1.54, 1.807) is 6.08 Å². The van der Waals surface area contributed by atoms with Crippen LogP contribution in [0.2, 0.25) is 0 Å². The van der Waals surface area contributed by atoms with Gasteiger partial charge in [-0.15, -0.1) is 11.8 Å². The Labute approximate surface area is 95.6 Å². The molecule has 0 aliphatic carbocycles. The number of aldehydes is 1. The first-order valence-corrected chi connectivity index (χ1v) is 6.20. The van der Waals surface area contributed by atoms with Gasteiger partial charge in [-0.3, -0.25) is 4.79 Å². The largest absolute Gasteiger partial charge is 0.299 e. The van der Waals surface area contributed by atoms with Gasteiger partial charge in [0.05, 0.1) is 0 Å². The Morgan fingerprint density at radius 2 is 2.13 bits per heavy atom. The Bertz CT molecular complexity index is 331. The molecule has 1 aromatic rings. The van der Waals surface area contributed by atoms with Gasteiger partial charge in [0.2, 0.25) is 0 Å². The van der Waals surface area contributed by atoms with E-state index < -0.39 is 0 Å². The van der Waals surface area contributed by atoms with E-state index in [0.29, 0.717) is 0 Å². The molecule has 0 unspecified atom stereocenters. The Hall–Kier alpha value is -1.02. The molecule has 0 aromatic heterocycles. The van der Waals surface area contributed by atoms with Crippen LogP contribution in [-0.4, -0.2) is 12.0 Å². The summed E-state index contributed by atoms with van der Waals surface area (Å²) in [4.78, 5) is 11.5. The van der Waals surface area contributed by atoms with Crippen molar-refractivity contribution in [2.75, 3.05) is 5.75 Å². The standard InChI is InChI=1S/C13H16OS/c1-2-3-11-15-13-9-5-4-7-12(13)8-6-10-14/h4-10H,2-3,11H2,1H3. The molecule has 0 aliphatic rings. The van der Waals surface area contributed by atoms with Gasteiger partial charge in [0.1, 0.15) is 6.29 Å². The van der Waals surface area contributed by atoms with Gasteiger partial charge >= 0.3 is 0 Å². The fourth-order valence-electron chi connectivity index (χ4n) is 1.22. The molecular formula is C13H16OS. The third-order valence-corrected chi connectivity index (χ3v) is 3.20. The highest BCUT2D eigenvalue weighted by Crippen LogP contribution is 2.24. The number of allylic oxidation sites excluding steroid dienone is 1. The molecule has 0 radical (unpaired) electrons. The predicted molar refractivity (Wildman–Crippen MR) is 67.2 cm³/mol. The molecule has 0 N–H and O–H groups in total. The number of rotatable bonds is 6. The lowest BCUT2D eigenvalue weighted by molar-refractivity contribution is -0.104. The van der Waals surface area contributed by atoms with Crippen molar-refractivity contribution < 1.29 is 4.79 Å². The molecule has 1 nitrogen and oxygen atoms in total. The van der Waals surface area contributed by atoms with Crippen LogP contribution in [0.25, 0.3) is 6.08 Å². The van der Waals surface area contributed by atoms with Crippen molar-refractivity contribution in [2.45, 2.75) is 24.7 Å². The highest BCUT2D eigenvalue weighted by Gasteiger charge is 1.98. The van der Waals surface area contributed by atoms with Crippen molar-refractivity contribution in [3.63, 3.8) is 0 Å². The summed E-state index contributed by atoms with van der Waals surface area (Å²) in [5.41, 5.74) is 1.13. The molecule has 80 valence electrons. The van der Waals surface area contributed by atoms with E-state index in [4.69, 9.17) is 0 Å². The molecule has 0 saturated carbocycles. The van der Waals surface area contributed by atoms with Crippen LogP contribution in [0.5, 0.6) is 0 Å². The second-order valence-electron chi connectivity index (χ2n) is 3.24. The molecule has 0 fully saturated rings. The molecule has 1 aromatic carbocycles. The minimum atomic E-state index is 0.813. The highest BCUT2D eigenvalue weighted by atomic mass is 32.2. The second-order valence-corrected chi connectivity index (χ2v) is 4.37. The Morgan fingerprint density at radius 1 is 1.33 bits per heavy atom. The molecule has 0 heterocycles. The number of carbonyl (C=O) groups excluding carboxylic acids is 1. The SMILES string of the molecule is CCCCSc1ccccc1C=CC=O. The number of hydrogen-bond acceptors (Lipinski definition) is 2. The van der Waals surface area contributed by atoms with E-state index in [0.717, 1.165) is 17.6 Å². The highest BCUT2D eigenvalue weighted by molar-refractivity contribution is 7.99. The van der Waals surface area contributed by atoms with Gasteiger partial charge in [0.15, 0.2) is 0 Å². The summed E-state index contributed by atoms with van der Waals surface area (Å²) in [7, 11) is 0. The smallest absolute Gasteiger partial charge is 0.142 e. The predicted octanol–water partition coefficient (Wildman–Crippen LogP) is 3.79. The van der Waals surface area contributed by atoms with Gasteiger partial charge in [0, 0.05) is 4.90 Å². The molecule has 0 atom stereocenters. The summed E-state index contributed by atoms with van der Waals surface area (Å²) in [5.74, 6) is 1.14. The second kappa shape index (κ2) is 7.30. The molecule has 15 heavy (non-hydrogen) atoms. The van der Waals surface area contributed by atoms with E-state index in [2.05, 4.69) is 13.0 Å². The monoisotopic (exact) mass is 220 g/mol. The maximum atomic E-state index is 10.3. The van der Waals surface area contributed by atoms with E-state index in [1.165, 1.54) is 17.7 Å². The molecule has 0 spiro atoms. The zero-order chi connectivity index (χ0) is 10.9. The third kappa shape index (κ3) is 4.34. The Morgan fingerprint density at radius 3 is 2.87 bits per heavy atom. The number of benzene rings is 1. The van der Waals surface area contributed by atoms with E-state index in [1.807, 2.05) is 36.0 Å². The van der Waals surface area contributed by atoms with E-state index in [-0.39, 0.29) is 0 Å². The summed E-state index contributed by atoms with van der Waals surface area (Å²) >= 11 is 1.85. The van der Waals surface area contributed by atoms with Gasteiger partial charge < -0.3 is 0 Å². The van der Waals surface area contributed by atoms with Crippen LogP contribution in [0, 0.1) is 0 Å². The third-order valence-electron chi connectivity index (χ3n) is 2.03. The lowest BCUT2D eigenvalue weighted by Gasteiger charge is -2.04. The maximum Gasteiger partial charge on any atom is 0.142 e. The molecule has 2 heteroatoms. The molecule has 0 aliphatic heterocycles. The zero-order valence-corrected chi connectivity index (χ0v) is 9.80. The van der Waals surface area contributed by atoms with Crippen molar-refractivity contribution in [2.24, 2.45) is 0 Å². The zero-order valence-electron chi connectivity index (χ0n) is 8.98. The van der Waals surface area contributed by atoms with Crippen LogP contribution in [0.4, 0.5) is 0 Å². The van der Waals surface area contributed by atoms with Crippen molar-refractivity contribution in [1.29, 1.82) is 0 Å². The first-order chi connectivity index (χ1) is 7.38. The number of unbranched alkanes of at least 4 members (excludes halogenated alkanes) is 1. The minimum Gasteiger partial charge on any atom is -0.299 e. The van der Waals surface area contributed by atoms with Crippen LogP contribution in [-0.2, 0) is 4.79 Å². The fourth-order valence-corrected chi connectivity index (χ4v) is 2.35. The normalized spacial score (nSPS) is 10.7. The molecule has 1 rings (SSSR count). The van der Waals surface area contributed by atoms with Crippen molar-refractivity contribution in [3.05, 3.63) is 35.9 Å². The number of carbonyl (C=O) groups is 1. The van der Waals surface area contributed by atoms with Crippen molar-refractivity contribution in [3.8, 4) is 0 Å². The maximum absolute atomic E-state index is 10.3. The molecule has 0 saturated heterocycles. The Balaban J connectivity index is 2.68. The number of thioether (sulfide) groups is 1. The van der Waals surface area contributed by atoms with Crippen LogP contribution < -0.4 is 0 Å². The summed E-state index contributed by atoms with van der Waals surface area (Å²) in [6.45, 7) is 2.19. The van der Waals surface area contributed by atoms with Gasteiger partial charge in [-0.05, 0) is 29.9 Å². The summed E-state index contributed by atoms with van der Waals surface area (Å²) in [6.07, 6.45) is 6.67. The van der Waals surface area contributed by atoms with E-state index in [9.17, 15) is 4.79 Å². The van der Waals surface area contributed by atoms with Crippen molar-refractivity contribution >= 4 is 24.1 Å². The molecular weight excluding hydrogens is 204 g/mol. The van der Waals surface area contributed by atoms with Crippen LogP contribution in [0.1, 0.15) is 25.3 Å². The van der Waals surface area contributed by atoms with Crippen molar-refractivity contribution in [1.82, 2.24) is 0 Å². The minimum absolute atomic E-state index is 0.813. The average Bonchev–Trinajstić information content (AvgIpc) is 2.28. The first-order valence-electron chi connectivity index (χ1n) is 5.22. The van der Waals surface area contributed by atoms with Crippen LogP contribution in [0.15, 0.2) is 35.2 Å². The average molecular weight is 220 g/mol. The summed E-state index contributed by atoms with van der Waals surface area (Å²) < 4.78 is 0. The van der Waals surface area contributed by atoms with Gasteiger partial charge in [-0.2, -0.15) is 0 Å². The van der Waals surface area contributed by atoms with Gasteiger partial charge in [-0.1, -0.05) is 37.6 Å². The molecule has 0 amide bonds.